The van der Waals surface area contributed by atoms with Gasteiger partial charge in [0, 0.05) is 0 Å². The van der Waals surface area contributed by atoms with Crippen LogP contribution < -0.4 is 4.74 Å². The molecule has 0 saturated carbocycles. The van der Waals surface area contributed by atoms with E-state index in [2.05, 4.69) is 22.6 Å². The number of hydrogen-bond donors (Lipinski definition) is 1. The van der Waals surface area contributed by atoms with E-state index in [1.165, 1.54) is 0 Å². The van der Waals surface area contributed by atoms with Crippen molar-refractivity contribution in [3.8, 4) is 5.75 Å². The van der Waals surface area contributed by atoms with E-state index in [0.717, 1.165) is 9.32 Å². The molecule has 72 valence electrons. The van der Waals surface area contributed by atoms with E-state index in [0.29, 0.717) is 0 Å². The van der Waals surface area contributed by atoms with Crippen molar-refractivity contribution in [1.82, 2.24) is 0 Å². The highest BCUT2D eigenvalue weighted by atomic mass is 127. The molecule has 0 aliphatic heterocycles. The van der Waals surface area contributed by atoms with Crippen molar-refractivity contribution in [1.29, 1.82) is 0 Å². The molecule has 0 aromatic heterocycles. The minimum absolute atomic E-state index is 0.170. The van der Waals surface area contributed by atoms with Gasteiger partial charge in [0.25, 0.3) is 0 Å². The van der Waals surface area contributed by atoms with E-state index in [9.17, 15) is 5.11 Å². The van der Waals surface area contributed by atoms with Crippen molar-refractivity contribution in [3.05, 3.63) is 27.8 Å². The van der Waals surface area contributed by atoms with E-state index in [-0.39, 0.29) is 6.10 Å². The fourth-order valence-corrected chi connectivity index (χ4v) is 1.35. The molecule has 1 rings (SSSR count). The molecule has 0 aliphatic rings. The van der Waals surface area contributed by atoms with E-state index in [4.69, 9.17) is 4.74 Å². The Morgan fingerprint density at radius 1 is 1.31 bits per heavy atom. The first-order valence-electron chi connectivity index (χ1n) is 4.20. The van der Waals surface area contributed by atoms with Gasteiger partial charge >= 0.3 is 0 Å². The summed E-state index contributed by atoms with van der Waals surface area (Å²) in [4.78, 5) is 0. The molecule has 2 atom stereocenters. The van der Waals surface area contributed by atoms with Crippen LogP contribution in [0.3, 0.4) is 0 Å². The first-order valence-corrected chi connectivity index (χ1v) is 5.28. The molecular formula is C10H13IO2. The van der Waals surface area contributed by atoms with Crippen molar-refractivity contribution in [2.45, 2.75) is 26.1 Å². The number of benzene rings is 1. The number of para-hydroxylation sites is 1. The van der Waals surface area contributed by atoms with Crippen LogP contribution in [0.15, 0.2) is 24.3 Å². The summed E-state index contributed by atoms with van der Waals surface area (Å²) < 4.78 is 6.61. The van der Waals surface area contributed by atoms with Crippen molar-refractivity contribution in [3.63, 3.8) is 0 Å². The van der Waals surface area contributed by atoms with Crippen LogP contribution in [0.25, 0.3) is 0 Å². The van der Waals surface area contributed by atoms with Gasteiger partial charge in [-0.25, -0.2) is 0 Å². The van der Waals surface area contributed by atoms with Crippen molar-refractivity contribution < 1.29 is 9.84 Å². The highest BCUT2D eigenvalue weighted by Gasteiger charge is 2.11. The first kappa shape index (κ1) is 10.8. The molecule has 3 heteroatoms. The lowest BCUT2D eigenvalue weighted by Crippen LogP contribution is -2.25. The molecule has 13 heavy (non-hydrogen) atoms. The zero-order valence-corrected chi connectivity index (χ0v) is 9.86. The second-order valence-electron chi connectivity index (χ2n) is 2.99. The third-order valence-electron chi connectivity index (χ3n) is 1.83. The Hall–Kier alpha value is -0.290. The van der Waals surface area contributed by atoms with Crippen molar-refractivity contribution in [2.75, 3.05) is 0 Å². The summed E-state index contributed by atoms with van der Waals surface area (Å²) in [5, 5.41) is 9.25. The van der Waals surface area contributed by atoms with Gasteiger partial charge in [0.15, 0.2) is 0 Å². The van der Waals surface area contributed by atoms with E-state index < -0.39 is 6.10 Å². The molecule has 0 amide bonds. The lowest BCUT2D eigenvalue weighted by atomic mass is 10.2. The molecule has 0 radical (unpaired) electrons. The Morgan fingerprint density at radius 3 is 2.46 bits per heavy atom. The summed E-state index contributed by atoms with van der Waals surface area (Å²) >= 11 is 2.21. The van der Waals surface area contributed by atoms with Crippen LogP contribution in [0.1, 0.15) is 13.8 Å². The quantitative estimate of drug-likeness (QED) is 0.867. The van der Waals surface area contributed by atoms with Crippen molar-refractivity contribution in [2.24, 2.45) is 0 Å². The molecule has 1 aromatic rings. The summed E-state index contributed by atoms with van der Waals surface area (Å²) in [6, 6.07) is 7.76. The molecule has 0 saturated heterocycles. The maximum Gasteiger partial charge on any atom is 0.133 e. The fraction of sp³-hybridized carbons (Fsp3) is 0.400. The molecule has 0 aliphatic carbocycles. The Morgan fingerprint density at radius 2 is 1.92 bits per heavy atom. The molecular weight excluding hydrogens is 279 g/mol. The van der Waals surface area contributed by atoms with Crippen LogP contribution in [0, 0.1) is 3.57 Å². The summed E-state index contributed by atoms with van der Waals surface area (Å²) in [5.74, 6) is 0.830. The molecule has 0 spiro atoms. The zero-order chi connectivity index (χ0) is 9.84. The molecule has 2 nitrogen and oxygen atoms in total. The van der Waals surface area contributed by atoms with Gasteiger partial charge in [0.1, 0.15) is 11.9 Å². The average Bonchev–Trinajstić information content (AvgIpc) is 2.08. The number of halogens is 1. The number of aliphatic hydroxyl groups excluding tert-OH is 1. The fourth-order valence-electron chi connectivity index (χ4n) is 0.839. The summed E-state index contributed by atoms with van der Waals surface area (Å²) in [6.45, 7) is 3.58. The van der Waals surface area contributed by atoms with Gasteiger partial charge in [0.05, 0.1) is 9.67 Å². The predicted molar refractivity (Wildman–Crippen MR) is 60.9 cm³/mol. The smallest absolute Gasteiger partial charge is 0.133 e. The van der Waals surface area contributed by atoms with Crippen LogP contribution in [0.4, 0.5) is 0 Å². The van der Waals surface area contributed by atoms with Crippen LogP contribution in [-0.4, -0.2) is 17.3 Å². The molecule has 0 fully saturated rings. The molecule has 0 heterocycles. The zero-order valence-electron chi connectivity index (χ0n) is 7.70. The number of ether oxygens (including phenoxy) is 1. The molecule has 0 unspecified atom stereocenters. The monoisotopic (exact) mass is 292 g/mol. The van der Waals surface area contributed by atoms with Gasteiger partial charge in [-0.15, -0.1) is 0 Å². The summed E-state index contributed by atoms with van der Waals surface area (Å²) in [5.41, 5.74) is 0. The van der Waals surface area contributed by atoms with Crippen LogP contribution in [0.5, 0.6) is 5.75 Å². The number of hydrogen-bond acceptors (Lipinski definition) is 2. The maximum atomic E-state index is 9.25. The second kappa shape index (κ2) is 4.81. The minimum Gasteiger partial charge on any atom is -0.487 e. The third-order valence-corrected chi connectivity index (χ3v) is 2.72. The average molecular weight is 292 g/mol. The minimum atomic E-state index is -0.448. The van der Waals surface area contributed by atoms with Gasteiger partial charge in [-0.1, -0.05) is 12.1 Å². The molecule has 1 N–H and O–H groups in total. The van der Waals surface area contributed by atoms with Crippen LogP contribution in [-0.2, 0) is 0 Å². The van der Waals surface area contributed by atoms with E-state index in [1.54, 1.807) is 6.92 Å². The Bertz CT molecular complexity index is 273. The Labute approximate surface area is 92.1 Å². The van der Waals surface area contributed by atoms with Gasteiger partial charge in [-0.2, -0.15) is 0 Å². The number of rotatable bonds is 3. The Kier molecular flexibility index (Phi) is 3.99. The second-order valence-corrected chi connectivity index (χ2v) is 4.16. The summed E-state index contributed by atoms with van der Waals surface area (Å²) in [7, 11) is 0. The lowest BCUT2D eigenvalue weighted by Gasteiger charge is -2.17. The largest absolute Gasteiger partial charge is 0.487 e. The SMILES string of the molecule is C[C@H](O)[C@@H](C)Oc1ccccc1I. The van der Waals surface area contributed by atoms with Crippen molar-refractivity contribution >= 4 is 22.6 Å². The molecule has 0 bridgehead atoms. The summed E-state index contributed by atoms with van der Waals surface area (Å²) in [6.07, 6.45) is -0.619. The first-order chi connectivity index (χ1) is 6.11. The standard InChI is InChI=1S/C10H13IO2/c1-7(12)8(2)13-10-6-4-3-5-9(10)11/h3-8,12H,1-2H3/t7-,8+/m0/s1. The van der Waals surface area contributed by atoms with Gasteiger partial charge in [-0.05, 0) is 48.6 Å². The third kappa shape index (κ3) is 3.15. The topological polar surface area (TPSA) is 29.5 Å². The predicted octanol–water partition coefficient (Wildman–Crippen LogP) is 2.44. The Balaban J connectivity index is 2.69. The number of aliphatic hydroxyl groups is 1. The van der Waals surface area contributed by atoms with Gasteiger partial charge in [0.2, 0.25) is 0 Å². The lowest BCUT2D eigenvalue weighted by molar-refractivity contribution is 0.0599. The maximum absolute atomic E-state index is 9.25. The van der Waals surface area contributed by atoms with Gasteiger partial charge < -0.3 is 9.84 Å². The van der Waals surface area contributed by atoms with E-state index >= 15 is 0 Å². The molecule has 1 aromatic carbocycles. The van der Waals surface area contributed by atoms with Gasteiger partial charge in [-0.3, -0.25) is 0 Å². The highest BCUT2D eigenvalue weighted by Crippen LogP contribution is 2.21. The van der Waals surface area contributed by atoms with Crippen LogP contribution >= 0.6 is 22.6 Å². The normalized spacial score (nSPS) is 15.1. The van der Waals surface area contributed by atoms with E-state index in [1.807, 2.05) is 31.2 Å². The van der Waals surface area contributed by atoms with Crippen LogP contribution in [0.2, 0.25) is 0 Å². The highest BCUT2D eigenvalue weighted by molar-refractivity contribution is 14.1.